The second-order valence-electron chi connectivity index (χ2n) is 11.4. The Morgan fingerprint density at radius 3 is 2.56 bits per heavy atom. The van der Waals surface area contributed by atoms with Gasteiger partial charge < -0.3 is 5.32 Å². The van der Waals surface area contributed by atoms with Crippen LogP contribution in [0.25, 0.3) is 10.9 Å². The number of nitrogens with two attached hydrogens (primary N) is 1. The van der Waals surface area contributed by atoms with Gasteiger partial charge in [-0.1, -0.05) is 42.6 Å². The Labute approximate surface area is 240 Å². The molecule has 0 radical (unpaired) electrons. The van der Waals surface area contributed by atoms with Crippen LogP contribution in [-0.4, -0.2) is 51.3 Å². The number of hydrogen-bond acceptors (Lipinski definition) is 3. The molecule has 0 amide bonds. The molecule has 4 atom stereocenters. The number of guanidine groups is 1. The third-order valence-corrected chi connectivity index (χ3v) is 8.84. The molecule has 9 heteroatoms. The SMILES string of the molecule is CC1CCCCC1N(C(N)=[N+]1C[C@@H](C)N[C@@H](C)C1)c1ccc2c(=O)n(CCc3ccc(Cl)cc3Cl)cnc2c1. The molecule has 1 saturated heterocycles. The van der Waals surface area contributed by atoms with Crippen LogP contribution in [0.3, 0.4) is 0 Å². The van der Waals surface area contributed by atoms with Gasteiger partial charge in [0.15, 0.2) is 0 Å². The first kappa shape index (κ1) is 27.9. The van der Waals surface area contributed by atoms with E-state index in [2.05, 4.69) is 35.6 Å². The summed E-state index contributed by atoms with van der Waals surface area (Å²) in [4.78, 5) is 20.4. The van der Waals surface area contributed by atoms with E-state index in [0.29, 0.717) is 58.0 Å². The zero-order chi connectivity index (χ0) is 27.7. The Hall–Kier alpha value is -2.61. The van der Waals surface area contributed by atoms with Gasteiger partial charge in [-0.15, -0.1) is 0 Å². The molecule has 3 N–H and O–H groups in total. The van der Waals surface area contributed by atoms with Crippen molar-refractivity contribution in [3.8, 4) is 0 Å². The number of hydrogen-bond donors (Lipinski definition) is 2. The second kappa shape index (κ2) is 11.9. The van der Waals surface area contributed by atoms with Crippen LogP contribution >= 0.6 is 23.2 Å². The maximum atomic E-state index is 13.4. The van der Waals surface area contributed by atoms with Crippen LogP contribution in [0, 0.1) is 5.92 Å². The van der Waals surface area contributed by atoms with Gasteiger partial charge in [0.2, 0.25) is 0 Å². The molecule has 2 fully saturated rings. The fourth-order valence-electron chi connectivity index (χ4n) is 6.26. The fourth-order valence-corrected chi connectivity index (χ4v) is 6.76. The van der Waals surface area contributed by atoms with E-state index in [0.717, 1.165) is 36.7 Å². The highest BCUT2D eigenvalue weighted by Crippen LogP contribution is 2.32. The van der Waals surface area contributed by atoms with Crippen LogP contribution < -0.4 is 21.5 Å². The summed E-state index contributed by atoms with van der Waals surface area (Å²) in [6.45, 7) is 8.95. The molecular weight excluding hydrogens is 531 g/mol. The summed E-state index contributed by atoms with van der Waals surface area (Å²) in [5.74, 6) is 1.31. The summed E-state index contributed by atoms with van der Waals surface area (Å²) in [5, 5.41) is 5.41. The van der Waals surface area contributed by atoms with E-state index in [1.807, 2.05) is 30.3 Å². The van der Waals surface area contributed by atoms with Crippen molar-refractivity contribution in [1.29, 1.82) is 0 Å². The molecule has 2 aromatic carbocycles. The lowest BCUT2D eigenvalue weighted by atomic mass is 9.84. The largest absolute Gasteiger partial charge is 0.351 e. The van der Waals surface area contributed by atoms with Crippen molar-refractivity contribution in [2.75, 3.05) is 18.0 Å². The molecular formula is C30H39Cl2N6O+. The van der Waals surface area contributed by atoms with Gasteiger partial charge in [-0.3, -0.25) is 19.7 Å². The third kappa shape index (κ3) is 6.11. The number of nitrogens with zero attached hydrogens (tertiary/aromatic N) is 4. The van der Waals surface area contributed by atoms with Crippen LogP contribution in [0.15, 0.2) is 47.5 Å². The maximum absolute atomic E-state index is 13.4. The Balaban J connectivity index is 1.48. The number of rotatable bonds is 5. The van der Waals surface area contributed by atoms with Crippen molar-refractivity contribution in [3.63, 3.8) is 0 Å². The lowest BCUT2D eigenvalue weighted by Gasteiger charge is -2.37. The third-order valence-electron chi connectivity index (χ3n) is 8.25. The molecule has 3 aromatic rings. The van der Waals surface area contributed by atoms with Gasteiger partial charge in [0.05, 0.1) is 36.4 Å². The molecule has 2 aliphatic rings. The fraction of sp³-hybridized carbons (Fsp3) is 0.500. The smallest absolute Gasteiger partial charge is 0.306 e. The van der Waals surface area contributed by atoms with E-state index >= 15 is 0 Å². The molecule has 5 rings (SSSR count). The molecule has 1 aliphatic carbocycles. The van der Waals surface area contributed by atoms with Crippen molar-refractivity contribution < 1.29 is 4.58 Å². The first-order valence-corrected chi connectivity index (χ1v) is 14.8. The summed E-state index contributed by atoms with van der Waals surface area (Å²) in [6, 6.07) is 12.4. The van der Waals surface area contributed by atoms with Crippen LogP contribution in [0.5, 0.6) is 0 Å². The molecule has 2 unspecified atom stereocenters. The number of benzene rings is 2. The Morgan fingerprint density at radius 2 is 1.85 bits per heavy atom. The summed E-state index contributed by atoms with van der Waals surface area (Å²) in [5.41, 5.74) is 9.56. The van der Waals surface area contributed by atoms with Gasteiger partial charge in [0.25, 0.3) is 5.56 Å². The van der Waals surface area contributed by atoms with E-state index in [1.165, 1.54) is 19.3 Å². The van der Waals surface area contributed by atoms with Gasteiger partial charge in [0, 0.05) is 34.7 Å². The van der Waals surface area contributed by atoms with Crippen LogP contribution in [0.1, 0.15) is 52.0 Å². The summed E-state index contributed by atoms with van der Waals surface area (Å²) in [6.07, 6.45) is 6.99. The molecule has 7 nitrogen and oxygen atoms in total. The zero-order valence-corrected chi connectivity index (χ0v) is 24.5. The van der Waals surface area contributed by atoms with Crippen molar-refractivity contribution in [2.24, 2.45) is 11.7 Å². The number of fused-ring (bicyclic) bond motifs is 1. The highest BCUT2D eigenvalue weighted by molar-refractivity contribution is 6.35. The quantitative estimate of drug-likeness (QED) is 0.332. The lowest BCUT2D eigenvalue weighted by molar-refractivity contribution is -0.545. The molecule has 1 aromatic heterocycles. The minimum absolute atomic E-state index is 0.0593. The predicted molar refractivity (Wildman–Crippen MR) is 161 cm³/mol. The maximum Gasteiger partial charge on any atom is 0.351 e. The van der Waals surface area contributed by atoms with E-state index in [-0.39, 0.29) is 5.56 Å². The highest BCUT2D eigenvalue weighted by Gasteiger charge is 2.36. The second-order valence-corrected chi connectivity index (χ2v) is 12.2. The lowest BCUT2D eigenvalue weighted by Crippen LogP contribution is -2.59. The first-order valence-electron chi connectivity index (χ1n) is 14.1. The Kier molecular flexibility index (Phi) is 8.50. The summed E-state index contributed by atoms with van der Waals surface area (Å²) in [7, 11) is 0. The average Bonchev–Trinajstić information content (AvgIpc) is 2.90. The van der Waals surface area contributed by atoms with Crippen molar-refractivity contribution in [2.45, 2.75) is 77.5 Å². The Bertz CT molecular complexity index is 1420. The van der Waals surface area contributed by atoms with E-state index < -0.39 is 0 Å². The normalized spacial score (nSPS) is 25.1. The predicted octanol–water partition coefficient (Wildman–Crippen LogP) is 5.04. The number of nitrogens with one attached hydrogen (secondary N) is 1. The molecule has 2 heterocycles. The molecule has 1 saturated carbocycles. The first-order chi connectivity index (χ1) is 18.7. The van der Waals surface area contributed by atoms with Crippen molar-refractivity contribution in [1.82, 2.24) is 14.9 Å². The summed E-state index contributed by atoms with van der Waals surface area (Å²) < 4.78 is 3.96. The van der Waals surface area contributed by atoms with Crippen molar-refractivity contribution in [3.05, 3.63) is 68.7 Å². The molecule has 1 aliphatic heterocycles. The number of aromatic nitrogens is 2. The van der Waals surface area contributed by atoms with Gasteiger partial charge in [0.1, 0.15) is 5.69 Å². The molecule has 39 heavy (non-hydrogen) atoms. The minimum atomic E-state index is -0.0593. The average molecular weight is 571 g/mol. The molecule has 0 spiro atoms. The van der Waals surface area contributed by atoms with E-state index in [4.69, 9.17) is 33.9 Å². The van der Waals surface area contributed by atoms with Crippen LogP contribution in [-0.2, 0) is 13.0 Å². The standard InChI is InChI=1S/C30H38Cl2N6O/c1-19-6-4-5-7-28(19)38(30(33)37-16-20(2)35-21(3)17-37)24-10-11-25-27(15-24)34-18-36(29(25)39)13-12-22-8-9-23(31)14-26(22)32/h8-11,14-15,18-21,28,33,35H,4-7,12-13,16-17H2,1-3H3/p+1/t19?,20-,21+,28?. The number of piperazine rings is 1. The number of anilines is 1. The van der Waals surface area contributed by atoms with Crippen LogP contribution in [0.4, 0.5) is 5.69 Å². The van der Waals surface area contributed by atoms with E-state index in [1.54, 1.807) is 17.0 Å². The van der Waals surface area contributed by atoms with Gasteiger partial charge >= 0.3 is 5.96 Å². The number of aryl methyl sites for hydroxylation is 2. The van der Waals surface area contributed by atoms with Gasteiger partial charge in [-0.05, 0) is 75.3 Å². The molecule has 0 bridgehead atoms. The van der Waals surface area contributed by atoms with Crippen molar-refractivity contribution >= 4 is 45.8 Å². The van der Waals surface area contributed by atoms with E-state index in [9.17, 15) is 4.79 Å². The van der Waals surface area contributed by atoms with Gasteiger partial charge in [-0.25, -0.2) is 9.88 Å². The molecule has 208 valence electrons. The summed E-state index contributed by atoms with van der Waals surface area (Å²) >= 11 is 12.4. The topological polar surface area (TPSA) is 79.2 Å². The highest BCUT2D eigenvalue weighted by atomic mass is 35.5. The minimum Gasteiger partial charge on any atom is -0.306 e. The Morgan fingerprint density at radius 1 is 1.10 bits per heavy atom. The monoisotopic (exact) mass is 569 g/mol. The van der Waals surface area contributed by atoms with Gasteiger partial charge in [-0.2, -0.15) is 0 Å². The van der Waals surface area contributed by atoms with Crippen LogP contribution in [0.2, 0.25) is 10.0 Å². The number of halogens is 2. The zero-order valence-electron chi connectivity index (χ0n) is 23.0.